The number of hydrogen-bond acceptors (Lipinski definition) is 4. The van der Waals surface area contributed by atoms with Crippen molar-refractivity contribution in [2.75, 3.05) is 38.7 Å². The zero-order chi connectivity index (χ0) is 16.5. The van der Waals surface area contributed by atoms with E-state index in [2.05, 4.69) is 15.6 Å². The summed E-state index contributed by atoms with van der Waals surface area (Å²) in [4.78, 5) is 17.7. The van der Waals surface area contributed by atoms with E-state index in [9.17, 15) is 4.79 Å². The number of furan rings is 1. The van der Waals surface area contributed by atoms with Crippen LogP contribution < -0.4 is 10.6 Å². The van der Waals surface area contributed by atoms with E-state index in [-0.39, 0.29) is 12.5 Å². The van der Waals surface area contributed by atoms with Crippen LogP contribution in [-0.2, 0) is 11.2 Å². The molecule has 1 saturated heterocycles. The third-order valence-electron chi connectivity index (χ3n) is 3.62. The highest BCUT2D eigenvalue weighted by Gasteiger charge is 2.15. The lowest BCUT2D eigenvalue weighted by atomic mass is 10.2. The molecule has 0 bridgehead atoms. The van der Waals surface area contributed by atoms with Gasteiger partial charge in [-0.1, -0.05) is 0 Å². The monoisotopic (exact) mass is 338 g/mol. The van der Waals surface area contributed by atoms with Gasteiger partial charge < -0.3 is 20.0 Å². The van der Waals surface area contributed by atoms with Crippen LogP contribution >= 0.6 is 11.8 Å². The van der Waals surface area contributed by atoms with Gasteiger partial charge in [0.1, 0.15) is 12.3 Å². The van der Waals surface area contributed by atoms with Crippen molar-refractivity contribution in [1.82, 2.24) is 15.5 Å². The number of carbonyl (C=O) groups excluding carboxylic acids is 1. The lowest BCUT2D eigenvalue weighted by Gasteiger charge is -2.24. The van der Waals surface area contributed by atoms with E-state index in [1.54, 1.807) is 25.3 Å². The van der Waals surface area contributed by atoms with E-state index in [1.165, 1.54) is 12.2 Å². The molecule has 0 spiro atoms. The number of guanidine groups is 1. The van der Waals surface area contributed by atoms with Gasteiger partial charge in [-0.05, 0) is 30.7 Å². The first-order valence-electron chi connectivity index (χ1n) is 8.00. The number of rotatable bonds is 6. The molecule has 0 radical (unpaired) electrons. The van der Waals surface area contributed by atoms with Gasteiger partial charge in [0.2, 0.25) is 5.91 Å². The molecule has 6 nitrogen and oxygen atoms in total. The van der Waals surface area contributed by atoms with Gasteiger partial charge in [-0.15, -0.1) is 0 Å². The van der Waals surface area contributed by atoms with Gasteiger partial charge in [0.15, 0.2) is 5.96 Å². The first kappa shape index (κ1) is 17.7. The number of likely N-dealkylation sites (N-methyl/N-ethyl adjacent to an activating group) is 1. The summed E-state index contributed by atoms with van der Waals surface area (Å²) in [6.45, 7) is 0.873. The van der Waals surface area contributed by atoms with Gasteiger partial charge in [-0.25, -0.2) is 4.99 Å². The summed E-state index contributed by atoms with van der Waals surface area (Å²) < 4.78 is 5.33. The average molecular weight is 338 g/mol. The number of nitrogens with one attached hydrogen (secondary N) is 2. The lowest BCUT2D eigenvalue weighted by molar-refractivity contribution is -0.127. The van der Waals surface area contributed by atoms with Crippen molar-refractivity contribution in [3.8, 4) is 0 Å². The molecule has 7 heteroatoms. The molecule has 1 aliphatic heterocycles. The Labute approximate surface area is 142 Å². The Balaban J connectivity index is 1.86. The molecule has 1 amide bonds. The molecular weight excluding hydrogens is 312 g/mol. The molecule has 0 aromatic carbocycles. The lowest BCUT2D eigenvalue weighted by Crippen LogP contribution is -2.46. The van der Waals surface area contributed by atoms with E-state index >= 15 is 0 Å². The quantitative estimate of drug-likeness (QED) is 0.605. The number of hydrogen-bond donors (Lipinski definition) is 2. The molecule has 1 fully saturated rings. The second-order valence-corrected chi connectivity index (χ2v) is 6.92. The summed E-state index contributed by atoms with van der Waals surface area (Å²) in [5, 5.41) is 6.75. The molecule has 1 aromatic rings. The van der Waals surface area contributed by atoms with Crippen LogP contribution in [0, 0.1) is 0 Å². The topological polar surface area (TPSA) is 69.9 Å². The molecule has 1 aliphatic rings. The van der Waals surface area contributed by atoms with Gasteiger partial charge in [0, 0.05) is 38.9 Å². The Morgan fingerprint density at radius 2 is 2.39 bits per heavy atom. The normalized spacial score (nSPS) is 18.5. The van der Waals surface area contributed by atoms with Crippen LogP contribution in [0.1, 0.15) is 18.6 Å². The number of amides is 1. The number of aliphatic imine (C=N–C) groups is 1. The molecular formula is C16H26N4O2S. The molecule has 1 atom stereocenters. The summed E-state index contributed by atoms with van der Waals surface area (Å²) in [6, 6.07) is 4.26. The Morgan fingerprint density at radius 1 is 1.52 bits per heavy atom. The maximum Gasteiger partial charge on any atom is 0.243 e. The summed E-state index contributed by atoms with van der Waals surface area (Å²) in [5.41, 5.74) is 0. The van der Waals surface area contributed by atoms with E-state index in [0.29, 0.717) is 12.0 Å². The molecule has 128 valence electrons. The summed E-state index contributed by atoms with van der Waals surface area (Å²) in [6.07, 6.45) is 4.83. The predicted octanol–water partition coefficient (Wildman–Crippen LogP) is 1.34. The molecule has 2 heterocycles. The van der Waals surface area contributed by atoms with Crippen molar-refractivity contribution in [3.05, 3.63) is 24.2 Å². The van der Waals surface area contributed by atoms with Gasteiger partial charge in [-0.3, -0.25) is 4.79 Å². The van der Waals surface area contributed by atoms with Crippen molar-refractivity contribution in [1.29, 1.82) is 0 Å². The van der Waals surface area contributed by atoms with Crippen molar-refractivity contribution < 1.29 is 9.21 Å². The van der Waals surface area contributed by atoms with Crippen LogP contribution in [0.3, 0.4) is 0 Å². The van der Waals surface area contributed by atoms with Gasteiger partial charge >= 0.3 is 0 Å². The van der Waals surface area contributed by atoms with Crippen LogP contribution in [-0.4, -0.2) is 61.5 Å². The summed E-state index contributed by atoms with van der Waals surface area (Å²) >= 11 is 1.96. The Kier molecular flexibility index (Phi) is 7.32. The zero-order valence-corrected chi connectivity index (χ0v) is 14.7. The fourth-order valence-corrected chi connectivity index (χ4v) is 3.32. The van der Waals surface area contributed by atoms with E-state index < -0.39 is 0 Å². The maximum atomic E-state index is 11.7. The number of nitrogens with zero attached hydrogens (tertiary/aromatic N) is 2. The fraction of sp³-hybridized carbons (Fsp3) is 0.625. The molecule has 1 unspecified atom stereocenters. The zero-order valence-electron chi connectivity index (χ0n) is 13.9. The minimum absolute atomic E-state index is 0.00449. The largest absolute Gasteiger partial charge is 0.469 e. The molecule has 1 aromatic heterocycles. The Hall–Kier alpha value is -1.63. The van der Waals surface area contributed by atoms with Crippen molar-refractivity contribution in [2.45, 2.75) is 25.3 Å². The van der Waals surface area contributed by atoms with Crippen LogP contribution in [0.25, 0.3) is 0 Å². The minimum Gasteiger partial charge on any atom is -0.469 e. The predicted molar refractivity (Wildman–Crippen MR) is 94.9 cm³/mol. The molecule has 0 aliphatic carbocycles. The molecule has 0 saturated carbocycles. The average Bonchev–Trinajstić information content (AvgIpc) is 3.06. The molecule has 23 heavy (non-hydrogen) atoms. The van der Waals surface area contributed by atoms with Crippen LogP contribution in [0.4, 0.5) is 0 Å². The SMILES string of the molecule is CN(C)C(=O)CN=C(NCCc1ccco1)NC1CCCSC1. The Bertz CT molecular complexity index is 496. The number of carbonyl (C=O) groups is 1. The summed E-state index contributed by atoms with van der Waals surface area (Å²) in [5.74, 6) is 3.96. The van der Waals surface area contributed by atoms with E-state index in [4.69, 9.17) is 4.42 Å². The first-order chi connectivity index (χ1) is 11.1. The van der Waals surface area contributed by atoms with Crippen LogP contribution in [0.15, 0.2) is 27.8 Å². The van der Waals surface area contributed by atoms with Gasteiger partial charge in [0.25, 0.3) is 0 Å². The van der Waals surface area contributed by atoms with Gasteiger partial charge in [-0.2, -0.15) is 11.8 Å². The van der Waals surface area contributed by atoms with Gasteiger partial charge in [0.05, 0.1) is 6.26 Å². The van der Waals surface area contributed by atoms with Crippen LogP contribution in [0.2, 0.25) is 0 Å². The second-order valence-electron chi connectivity index (χ2n) is 5.77. The second kappa shape index (κ2) is 9.50. The third-order valence-corrected chi connectivity index (χ3v) is 4.83. The standard InChI is InChI=1S/C16H26N4O2S/c1-20(2)15(21)11-18-16(19-13-5-4-10-23-12-13)17-8-7-14-6-3-9-22-14/h3,6,9,13H,4-5,7-8,10-12H2,1-2H3,(H2,17,18,19). The number of thioether (sulfide) groups is 1. The van der Waals surface area contributed by atoms with Crippen molar-refractivity contribution in [3.63, 3.8) is 0 Å². The molecule has 2 rings (SSSR count). The highest BCUT2D eigenvalue weighted by atomic mass is 32.2. The van der Waals surface area contributed by atoms with Crippen molar-refractivity contribution in [2.24, 2.45) is 4.99 Å². The minimum atomic E-state index is -0.00449. The Morgan fingerprint density at radius 3 is 3.04 bits per heavy atom. The smallest absolute Gasteiger partial charge is 0.243 e. The summed E-state index contributed by atoms with van der Waals surface area (Å²) in [7, 11) is 3.49. The van der Waals surface area contributed by atoms with E-state index in [1.807, 2.05) is 23.9 Å². The highest BCUT2D eigenvalue weighted by molar-refractivity contribution is 7.99. The fourth-order valence-electron chi connectivity index (χ4n) is 2.25. The van der Waals surface area contributed by atoms with Crippen molar-refractivity contribution >= 4 is 23.6 Å². The van der Waals surface area contributed by atoms with Crippen LogP contribution in [0.5, 0.6) is 0 Å². The highest BCUT2D eigenvalue weighted by Crippen LogP contribution is 2.16. The van der Waals surface area contributed by atoms with E-state index in [0.717, 1.165) is 30.9 Å². The first-order valence-corrected chi connectivity index (χ1v) is 9.16. The third kappa shape index (κ3) is 6.56. The maximum absolute atomic E-state index is 11.7. The molecule has 2 N–H and O–H groups in total.